The van der Waals surface area contributed by atoms with Gasteiger partial charge in [-0.1, -0.05) is 0 Å². The van der Waals surface area contributed by atoms with Crippen molar-refractivity contribution in [2.75, 3.05) is 0 Å². The third kappa shape index (κ3) is 5.56. The van der Waals surface area contributed by atoms with Crippen molar-refractivity contribution in [3.8, 4) is 5.88 Å². The molecule has 1 heterocycles. The van der Waals surface area contributed by atoms with E-state index in [1.807, 2.05) is 6.92 Å². The second-order valence-electron chi connectivity index (χ2n) is 9.23. The number of ether oxygens (including phenoxy) is 1. The van der Waals surface area contributed by atoms with E-state index < -0.39 is 24.2 Å². The molecule has 1 aromatic heterocycles. The number of nitrogens with one attached hydrogen (secondary N) is 1. The number of carboxylic acids is 1. The van der Waals surface area contributed by atoms with E-state index in [1.54, 1.807) is 14.0 Å². The number of halogens is 3. The molecule has 2 N–H and O–H groups in total. The van der Waals surface area contributed by atoms with E-state index in [1.165, 1.54) is 4.68 Å². The molecule has 0 aliphatic heterocycles. The molecule has 0 aromatic carbocycles. The monoisotopic (exact) mass is 459 g/mol. The lowest BCUT2D eigenvalue weighted by atomic mass is 9.79. The molecule has 1 amide bonds. The summed E-state index contributed by atoms with van der Waals surface area (Å²) in [5, 5.41) is 16.4. The van der Waals surface area contributed by atoms with Crippen LogP contribution in [-0.4, -0.2) is 45.1 Å². The van der Waals surface area contributed by atoms with Crippen LogP contribution in [-0.2, 0) is 11.8 Å². The maximum Gasteiger partial charge on any atom is 0.391 e. The lowest BCUT2D eigenvalue weighted by Gasteiger charge is -2.31. The van der Waals surface area contributed by atoms with Gasteiger partial charge in [-0.3, -0.25) is 9.59 Å². The van der Waals surface area contributed by atoms with Crippen LogP contribution in [0.25, 0.3) is 0 Å². The highest BCUT2D eigenvalue weighted by Gasteiger charge is 2.42. The molecule has 0 saturated heterocycles. The Bertz CT molecular complexity index is 823. The third-order valence-electron chi connectivity index (χ3n) is 7.00. The van der Waals surface area contributed by atoms with Crippen LogP contribution in [0.15, 0.2) is 0 Å². The van der Waals surface area contributed by atoms with Crippen molar-refractivity contribution in [3.63, 3.8) is 0 Å². The molecule has 0 spiro atoms. The Morgan fingerprint density at radius 1 is 1.12 bits per heavy atom. The number of aliphatic carboxylic acids is 1. The van der Waals surface area contributed by atoms with Gasteiger partial charge in [-0.05, 0) is 71.1 Å². The lowest BCUT2D eigenvalue weighted by Crippen LogP contribution is -2.40. The Morgan fingerprint density at radius 3 is 2.25 bits per heavy atom. The Kier molecular flexibility index (Phi) is 7.39. The third-order valence-corrected chi connectivity index (χ3v) is 7.00. The van der Waals surface area contributed by atoms with Crippen molar-refractivity contribution in [1.82, 2.24) is 15.1 Å². The van der Waals surface area contributed by atoms with Gasteiger partial charge in [0.2, 0.25) is 5.88 Å². The molecule has 3 rings (SSSR count). The summed E-state index contributed by atoms with van der Waals surface area (Å²) in [5.74, 6) is -2.25. The van der Waals surface area contributed by atoms with Gasteiger partial charge in [-0.25, -0.2) is 4.68 Å². The van der Waals surface area contributed by atoms with E-state index in [4.69, 9.17) is 9.84 Å². The fourth-order valence-corrected chi connectivity index (χ4v) is 4.96. The van der Waals surface area contributed by atoms with E-state index in [0.717, 1.165) is 12.8 Å². The minimum absolute atomic E-state index is 0.0164. The summed E-state index contributed by atoms with van der Waals surface area (Å²) in [6, 6.07) is -0.146. The van der Waals surface area contributed by atoms with Crippen LogP contribution in [0.1, 0.15) is 74.3 Å². The molecule has 10 heteroatoms. The lowest BCUT2D eigenvalue weighted by molar-refractivity contribution is -0.185. The fraction of sp³-hybridized carbons (Fsp3) is 0.773. The minimum Gasteiger partial charge on any atom is -0.481 e. The number of amides is 1. The summed E-state index contributed by atoms with van der Waals surface area (Å²) < 4.78 is 46.3. The number of hydrogen-bond donors (Lipinski definition) is 2. The van der Waals surface area contributed by atoms with Crippen molar-refractivity contribution >= 4 is 11.9 Å². The van der Waals surface area contributed by atoms with Crippen LogP contribution < -0.4 is 10.1 Å². The first-order valence-corrected chi connectivity index (χ1v) is 11.3. The predicted octanol–water partition coefficient (Wildman–Crippen LogP) is 4.24. The van der Waals surface area contributed by atoms with Crippen LogP contribution in [0.2, 0.25) is 0 Å². The molecule has 7 nitrogen and oxygen atoms in total. The van der Waals surface area contributed by atoms with Crippen LogP contribution >= 0.6 is 0 Å². The molecule has 1 unspecified atom stereocenters. The number of nitrogens with zero attached hydrogens (tertiary/aromatic N) is 2. The molecule has 0 radical (unpaired) electrons. The van der Waals surface area contributed by atoms with E-state index in [0.29, 0.717) is 24.1 Å². The SMILES string of the molecule is Cc1nn(C)c(OC2CCC(C(F)(F)F)CC2)c1C(=O)NC(C)C1CCC(C(=O)O)CC1. The molecular formula is C22H32F3N3O4. The first kappa shape index (κ1) is 24.4. The number of alkyl halides is 3. The standard InChI is InChI=1S/C22H32F3N3O4/c1-12(14-4-6-15(7-5-14)21(30)31)26-19(29)18-13(2)27-28(3)20(18)32-17-10-8-16(9-11-17)22(23,24)25/h12,14-17H,4-11H2,1-3H3,(H,26,29)(H,30,31). The normalized spacial score (nSPS) is 27.6. The number of carboxylic acid groups (broad SMARTS) is 1. The van der Waals surface area contributed by atoms with Crippen molar-refractivity contribution in [2.24, 2.45) is 24.8 Å². The van der Waals surface area contributed by atoms with Crippen molar-refractivity contribution < 1.29 is 32.6 Å². The molecule has 1 atom stereocenters. The predicted molar refractivity (Wildman–Crippen MR) is 110 cm³/mol. The molecule has 2 aliphatic carbocycles. The molecular weight excluding hydrogens is 427 g/mol. The van der Waals surface area contributed by atoms with Gasteiger partial charge in [0.05, 0.1) is 17.5 Å². The van der Waals surface area contributed by atoms with E-state index in [2.05, 4.69) is 10.4 Å². The molecule has 0 bridgehead atoms. The topological polar surface area (TPSA) is 93.5 Å². The van der Waals surface area contributed by atoms with Gasteiger partial charge in [0.1, 0.15) is 11.7 Å². The molecule has 32 heavy (non-hydrogen) atoms. The van der Waals surface area contributed by atoms with Gasteiger partial charge in [0.25, 0.3) is 5.91 Å². The van der Waals surface area contributed by atoms with E-state index in [-0.39, 0.29) is 55.3 Å². The maximum absolute atomic E-state index is 13.1. The highest BCUT2D eigenvalue weighted by Crippen LogP contribution is 2.39. The number of carbonyl (C=O) groups excluding carboxylic acids is 1. The molecule has 1 aromatic rings. The van der Waals surface area contributed by atoms with Gasteiger partial charge >= 0.3 is 12.1 Å². The van der Waals surface area contributed by atoms with Gasteiger partial charge < -0.3 is 15.2 Å². The first-order valence-electron chi connectivity index (χ1n) is 11.3. The van der Waals surface area contributed by atoms with Crippen LogP contribution in [0.4, 0.5) is 13.2 Å². The smallest absolute Gasteiger partial charge is 0.391 e. The fourth-order valence-electron chi connectivity index (χ4n) is 4.96. The summed E-state index contributed by atoms with van der Waals surface area (Å²) in [6.07, 6.45) is -1.32. The summed E-state index contributed by atoms with van der Waals surface area (Å²) >= 11 is 0. The Labute approximate surface area is 185 Å². The van der Waals surface area contributed by atoms with Gasteiger partial charge in [-0.2, -0.15) is 18.3 Å². The molecule has 2 fully saturated rings. The molecule has 2 saturated carbocycles. The zero-order valence-electron chi connectivity index (χ0n) is 18.7. The first-order chi connectivity index (χ1) is 15.0. The molecule has 2 aliphatic rings. The Balaban J connectivity index is 1.62. The van der Waals surface area contributed by atoms with E-state index >= 15 is 0 Å². The second-order valence-corrected chi connectivity index (χ2v) is 9.23. The van der Waals surface area contributed by atoms with Gasteiger partial charge in [0.15, 0.2) is 0 Å². The average Bonchev–Trinajstić information content (AvgIpc) is 3.00. The van der Waals surface area contributed by atoms with Gasteiger partial charge in [-0.15, -0.1) is 0 Å². The Hall–Kier alpha value is -2.26. The largest absolute Gasteiger partial charge is 0.481 e. The highest BCUT2D eigenvalue weighted by molar-refractivity contribution is 5.97. The number of carbonyl (C=O) groups is 2. The van der Waals surface area contributed by atoms with Crippen molar-refractivity contribution in [3.05, 3.63) is 11.3 Å². The minimum atomic E-state index is -4.18. The summed E-state index contributed by atoms with van der Waals surface area (Å²) in [5.41, 5.74) is 0.794. The summed E-state index contributed by atoms with van der Waals surface area (Å²) in [7, 11) is 1.65. The second kappa shape index (κ2) is 9.70. The average molecular weight is 460 g/mol. The summed E-state index contributed by atoms with van der Waals surface area (Å²) in [4.78, 5) is 24.2. The zero-order valence-corrected chi connectivity index (χ0v) is 18.7. The van der Waals surface area contributed by atoms with Crippen molar-refractivity contribution in [2.45, 2.75) is 83.5 Å². The number of hydrogen-bond acceptors (Lipinski definition) is 4. The van der Waals surface area contributed by atoms with Crippen LogP contribution in [0, 0.1) is 24.7 Å². The van der Waals surface area contributed by atoms with Crippen molar-refractivity contribution in [1.29, 1.82) is 0 Å². The maximum atomic E-state index is 13.1. The summed E-state index contributed by atoms with van der Waals surface area (Å²) in [6.45, 7) is 3.61. The number of aromatic nitrogens is 2. The molecule has 180 valence electrons. The van der Waals surface area contributed by atoms with Gasteiger partial charge in [0, 0.05) is 13.1 Å². The quantitative estimate of drug-likeness (QED) is 0.664. The van der Waals surface area contributed by atoms with Crippen LogP contribution in [0.3, 0.4) is 0 Å². The zero-order chi connectivity index (χ0) is 23.6. The number of aryl methyl sites for hydroxylation is 2. The van der Waals surface area contributed by atoms with E-state index in [9.17, 15) is 22.8 Å². The number of rotatable bonds is 6. The Morgan fingerprint density at radius 2 is 1.72 bits per heavy atom. The van der Waals surface area contributed by atoms with Crippen LogP contribution in [0.5, 0.6) is 5.88 Å². The highest BCUT2D eigenvalue weighted by atomic mass is 19.4.